The van der Waals surface area contributed by atoms with Crippen molar-refractivity contribution in [2.45, 2.75) is 13.5 Å². The van der Waals surface area contributed by atoms with E-state index in [1.54, 1.807) is 6.07 Å². The van der Waals surface area contributed by atoms with Crippen LogP contribution in [0.25, 0.3) is 0 Å². The van der Waals surface area contributed by atoms with Gasteiger partial charge in [0.25, 0.3) is 0 Å². The summed E-state index contributed by atoms with van der Waals surface area (Å²) in [6.07, 6.45) is 0. The van der Waals surface area contributed by atoms with Gasteiger partial charge in [-0.05, 0) is 31.2 Å². The molecule has 122 valence electrons. The Hall–Kier alpha value is -2.07. The first kappa shape index (κ1) is 15.8. The van der Waals surface area contributed by atoms with E-state index in [0.29, 0.717) is 6.61 Å². The summed E-state index contributed by atoms with van der Waals surface area (Å²) in [7, 11) is 0. The molecule has 1 heterocycles. The fraction of sp³-hybridized carbons (Fsp3) is 0.368. The predicted molar refractivity (Wildman–Crippen MR) is 90.6 cm³/mol. The van der Waals surface area contributed by atoms with E-state index < -0.39 is 0 Å². The van der Waals surface area contributed by atoms with Crippen LogP contribution in [-0.4, -0.2) is 32.8 Å². The quantitative estimate of drug-likeness (QED) is 0.910. The molecule has 0 radical (unpaired) electrons. The van der Waals surface area contributed by atoms with Crippen LogP contribution in [0.4, 0.5) is 10.1 Å². The van der Waals surface area contributed by atoms with Crippen molar-refractivity contribution in [3.05, 3.63) is 59.9 Å². The summed E-state index contributed by atoms with van der Waals surface area (Å²) in [4.78, 5) is 3.66. The lowest BCUT2D eigenvalue weighted by Gasteiger charge is -2.34. The van der Waals surface area contributed by atoms with Crippen molar-refractivity contribution in [2.75, 3.05) is 37.7 Å². The summed E-state index contributed by atoms with van der Waals surface area (Å²) in [6, 6.07) is 15.3. The molecule has 0 saturated carbocycles. The zero-order chi connectivity index (χ0) is 16.1. The first-order valence-electron chi connectivity index (χ1n) is 8.31. The van der Waals surface area contributed by atoms with Gasteiger partial charge in [-0.15, -0.1) is 0 Å². The van der Waals surface area contributed by atoms with E-state index in [-0.39, 0.29) is 5.82 Å². The number of nitrogens with zero attached hydrogens (tertiary/aromatic N) is 1. The average molecular weight is 315 g/mol. The minimum absolute atomic E-state index is 0.127. The van der Waals surface area contributed by atoms with Gasteiger partial charge >= 0.3 is 0 Å². The van der Waals surface area contributed by atoms with E-state index in [1.807, 2.05) is 31.2 Å². The van der Waals surface area contributed by atoms with Crippen LogP contribution in [0, 0.1) is 5.82 Å². The molecule has 2 aromatic carbocycles. The summed E-state index contributed by atoms with van der Waals surface area (Å²) >= 11 is 0. The van der Waals surface area contributed by atoms with Crippen molar-refractivity contribution < 1.29 is 14.0 Å². The number of halogens is 1. The fourth-order valence-corrected chi connectivity index (χ4v) is 3.16. The molecule has 3 rings (SSSR count). The number of rotatable bonds is 5. The van der Waals surface area contributed by atoms with Crippen LogP contribution in [0.3, 0.4) is 0 Å². The van der Waals surface area contributed by atoms with Crippen molar-refractivity contribution in [3.8, 4) is 5.75 Å². The molecule has 0 unspecified atom stereocenters. The van der Waals surface area contributed by atoms with Gasteiger partial charge in [-0.3, -0.25) is 0 Å². The van der Waals surface area contributed by atoms with Gasteiger partial charge in [0, 0.05) is 5.56 Å². The van der Waals surface area contributed by atoms with E-state index >= 15 is 0 Å². The Balaban J connectivity index is 1.61. The molecular formula is C19H24FN2O+. The fourth-order valence-electron chi connectivity index (χ4n) is 3.16. The number of ether oxygens (including phenoxy) is 1. The van der Waals surface area contributed by atoms with Gasteiger partial charge in [-0.1, -0.05) is 24.3 Å². The molecule has 0 bridgehead atoms. The van der Waals surface area contributed by atoms with Crippen LogP contribution in [-0.2, 0) is 6.54 Å². The highest BCUT2D eigenvalue weighted by atomic mass is 19.1. The smallest absolute Gasteiger partial charge is 0.146 e. The molecule has 0 amide bonds. The lowest BCUT2D eigenvalue weighted by molar-refractivity contribution is -0.914. The zero-order valence-electron chi connectivity index (χ0n) is 13.6. The monoisotopic (exact) mass is 315 g/mol. The lowest BCUT2D eigenvalue weighted by atomic mass is 10.1. The summed E-state index contributed by atoms with van der Waals surface area (Å²) in [5.41, 5.74) is 1.98. The van der Waals surface area contributed by atoms with Crippen LogP contribution < -0.4 is 14.5 Å². The standard InChI is InChI=1S/C19H23FN2O/c1-2-23-19-10-6-3-7-16(19)15-21-11-13-22(14-12-21)18-9-5-4-8-17(18)20/h3-10H,2,11-15H2,1H3/p+1. The molecule has 0 atom stereocenters. The number of benzene rings is 2. The Morgan fingerprint density at radius 3 is 2.48 bits per heavy atom. The lowest BCUT2D eigenvalue weighted by Crippen LogP contribution is -3.13. The maximum atomic E-state index is 13.9. The molecule has 2 aromatic rings. The van der Waals surface area contributed by atoms with E-state index in [0.717, 1.165) is 44.2 Å². The largest absolute Gasteiger partial charge is 0.493 e. The van der Waals surface area contributed by atoms with E-state index in [2.05, 4.69) is 17.0 Å². The Morgan fingerprint density at radius 2 is 1.74 bits per heavy atom. The first-order valence-corrected chi connectivity index (χ1v) is 8.31. The molecule has 1 N–H and O–H groups in total. The molecule has 0 spiro atoms. The van der Waals surface area contributed by atoms with Crippen molar-refractivity contribution in [1.82, 2.24) is 0 Å². The highest BCUT2D eigenvalue weighted by Crippen LogP contribution is 2.19. The van der Waals surface area contributed by atoms with Gasteiger partial charge in [-0.2, -0.15) is 0 Å². The molecule has 1 saturated heterocycles. The summed E-state index contributed by atoms with van der Waals surface area (Å²) in [5.74, 6) is 0.858. The maximum absolute atomic E-state index is 13.9. The van der Waals surface area contributed by atoms with Gasteiger partial charge < -0.3 is 14.5 Å². The third-order valence-corrected chi connectivity index (χ3v) is 4.38. The van der Waals surface area contributed by atoms with E-state index in [4.69, 9.17) is 4.74 Å². The molecule has 3 nitrogen and oxygen atoms in total. The number of quaternary nitrogens is 1. The van der Waals surface area contributed by atoms with Crippen LogP contribution in [0.1, 0.15) is 12.5 Å². The molecule has 1 aliphatic rings. The van der Waals surface area contributed by atoms with Gasteiger partial charge in [-0.25, -0.2) is 4.39 Å². The molecule has 4 heteroatoms. The first-order chi connectivity index (χ1) is 11.3. The minimum atomic E-state index is -0.127. The normalized spacial score (nSPS) is 15.7. The molecule has 1 aliphatic heterocycles. The highest BCUT2D eigenvalue weighted by Gasteiger charge is 2.22. The van der Waals surface area contributed by atoms with Crippen molar-refractivity contribution >= 4 is 5.69 Å². The van der Waals surface area contributed by atoms with E-state index in [9.17, 15) is 4.39 Å². The second kappa shape index (κ2) is 7.47. The van der Waals surface area contributed by atoms with Crippen LogP contribution in [0.2, 0.25) is 0 Å². The Kier molecular flexibility index (Phi) is 5.13. The minimum Gasteiger partial charge on any atom is -0.493 e. The summed E-state index contributed by atoms with van der Waals surface area (Å²) in [5, 5.41) is 0. The molecular weight excluding hydrogens is 291 g/mol. The number of piperazine rings is 1. The molecule has 0 aliphatic carbocycles. The number of anilines is 1. The number of hydrogen-bond acceptors (Lipinski definition) is 2. The van der Waals surface area contributed by atoms with Crippen LogP contribution >= 0.6 is 0 Å². The Bertz CT molecular complexity index is 639. The van der Waals surface area contributed by atoms with Crippen LogP contribution in [0.5, 0.6) is 5.75 Å². The summed E-state index contributed by atoms with van der Waals surface area (Å²) < 4.78 is 19.6. The average Bonchev–Trinajstić information content (AvgIpc) is 2.58. The van der Waals surface area contributed by atoms with E-state index in [1.165, 1.54) is 16.5 Å². The molecule has 0 aromatic heterocycles. The maximum Gasteiger partial charge on any atom is 0.146 e. The predicted octanol–water partition coefficient (Wildman–Crippen LogP) is 2.13. The zero-order valence-corrected chi connectivity index (χ0v) is 13.6. The highest BCUT2D eigenvalue weighted by molar-refractivity contribution is 5.47. The number of hydrogen-bond donors (Lipinski definition) is 1. The second-order valence-electron chi connectivity index (χ2n) is 5.91. The topological polar surface area (TPSA) is 16.9 Å². The second-order valence-corrected chi connectivity index (χ2v) is 5.91. The van der Waals surface area contributed by atoms with Crippen molar-refractivity contribution in [2.24, 2.45) is 0 Å². The third-order valence-electron chi connectivity index (χ3n) is 4.38. The number of para-hydroxylation sites is 2. The van der Waals surface area contributed by atoms with Gasteiger partial charge in [0.1, 0.15) is 18.1 Å². The third kappa shape index (κ3) is 3.82. The Labute approximate surface area is 137 Å². The molecule has 1 fully saturated rings. The van der Waals surface area contributed by atoms with Gasteiger partial charge in [0.15, 0.2) is 0 Å². The van der Waals surface area contributed by atoms with Gasteiger partial charge in [0.05, 0.1) is 38.5 Å². The van der Waals surface area contributed by atoms with Gasteiger partial charge in [0.2, 0.25) is 0 Å². The summed E-state index contributed by atoms with van der Waals surface area (Å²) in [6.45, 7) is 7.44. The number of nitrogens with one attached hydrogen (secondary N) is 1. The van der Waals surface area contributed by atoms with Crippen molar-refractivity contribution in [3.63, 3.8) is 0 Å². The molecule has 23 heavy (non-hydrogen) atoms. The Morgan fingerprint density at radius 1 is 1.04 bits per heavy atom. The van der Waals surface area contributed by atoms with Crippen LogP contribution in [0.15, 0.2) is 48.5 Å². The van der Waals surface area contributed by atoms with Crippen molar-refractivity contribution in [1.29, 1.82) is 0 Å². The SMILES string of the molecule is CCOc1ccccc1C[NH+]1CCN(c2ccccc2F)CC1.